The van der Waals surface area contributed by atoms with E-state index >= 15 is 0 Å². The van der Waals surface area contributed by atoms with Gasteiger partial charge >= 0.3 is 0 Å². The smallest absolute Gasteiger partial charge is 0.237 e. The molecule has 124 valence electrons. The molecule has 4 nitrogen and oxygen atoms in total. The zero-order valence-corrected chi connectivity index (χ0v) is 14.6. The van der Waals surface area contributed by atoms with Crippen molar-refractivity contribution >= 4 is 29.3 Å². The van der Waals surface area contributed by atoms with Crippen LogP contribution in [0.1, 0.15) is 23.6 Å². The lowest BCUT2D eigenvalue weighted by Crippen LogP contribution is -2.27. The molecule has 1 heterocycles. The fraction of sp³-hybridized carbons (Fsp3) is 0.263. The molecule has 0 bridgehead atoms. The van der Waals surface area contributed by atoms with Gasteiger partial charge in [0, 0.05) is 11.4 Å². The minimum absolute atomic E-state index is 0.0105. The minimum Gasteiger partial charge on any atom is -0.352 e. The summed E-state index contributed by atoms with van der Waals surface area (Å²) in [7, 11) is 0. The molecular formula is C19H20N2O2S. The van der Waals surface area contributed by atoms with Crippen molar-refractivity contribution in [3.8, 4) is 0 Å². The lowest BCUT2D eigenvalue weighted by Gasteiger charge is -2.22. The van der Waals surface area contributed by atoms with Crippen molar-refractivity contribution in [2.24, 2.45) is 0 Å². The molecule has 0 spiro atoms. The van der Waals surface area contributed by atoms with Gasteiger partial charge in [-0.15, -0.1) is 11.8 Å². The zero-order valence-electron chi connectivity index (χ0n) is 13.8. The molecule has 0 radical (unpaired) electrons. The lowest BCUT2D eigenvalue weighted by molar-refractivity contribution is -0.120. The van der Waals surface area contributed by atoms with Crippen LogP contribution in [0.25, 0.3) is 0 Å². The second-order valence-electron chi connectivity index (χ2n) is 6.02. The first-order chi connectivity index (χ1) is 11.5. The fourth-order valence-electron chi connectivity index (χ4n) is 2.52. The number of rotatable bonds is 4. The van der Waals surface area contributed by atoms with E-state index in [4.69, 9.17) is 0 Å². The Morgan fingerprint density at radius 1 is 1.17 bits per heavy atom. The summed E-state index contributed by atoms with van der Waals surface area (Å²) in [6, 6.07) is 13.9. The molecule has 2 amide bonds. The van der Waals surface area contributed by atoms with Crippen molar-refractivity contribution in [1.29, 1.82) is 0 Å². The third kappa shape index (κ3) is 3.97. The monoisotopic (exact) mass is 340 g/mol. The van der Waals surface area contributed by atoms with Crippen LogP contribution in [0.2, 0.25) is 0 Å². The Bertz CT molecular complexity index is 771. The Hall–Kier alpha value is -2.27. The predicted molar refractivity (Wildman–Crippen MR) is 97.1 cm³/mol. The number of benzene rings is 2. The summed E-state index contributed by atoms with van der Waals surface area (Å²) in [6.45, 7) is 4.37. The van der Waals surface area contributed by atoms with Crippen molar-refractivity contribution in [3.05, 3.63) is 59.2 Å². The minimum atomic E-state index is -0.0717. The highest BCUT2D eigenvalue weighted by Gasteiger charge is 2.22. The van der Waals surface area contributed by atoms with E-state index in [0.717, 1.165) is 21.7 Å². The molecule has 2 N–H and O–H groups in total. The molecule has 1 aliphatic rings. The summed E-state index contributed by atoms with van der Waals surface area (Å²) in [6.07, 6.45) is 0.370. The Morgan fingerprint density at radius 3 is 2.62 bits per heavy atom. The summed E-state index contributed by atoms with van der Waals surface area (Å²) in [5.74, 6) is 0.0108. The largest absolute Gasteiger partial charge is 0.352 e. The molecule has 1 atom stereocenters. The van der Waals surface area contributed by atoms with Gasteiger partial charge in [0.2, 0.25) is 11.8 Å². The van der Waals surface area contributed by atoms with Gasteiger partial charge in [-0.2, -0.15) is 0 Å². The number of amides is 2. The van der Waals surface area contributed by atoms with Gasteiger partial charge in [-0.1, -0.05) is 35.9 Å². The molecule has 3 rings (SSSR count). The van der Waals surface area contributed by atoms with Gasteiger partial charge in [-0.05, 0) is 37.1 Å². The van der Waals surface area contributed by atoms with Crippen molar-refractivity contribution in [1.82, 2.24) is 5.32 Å². The van der Waals surface area contributed by atoms with Gasteiger partial charge in [0.15, 0.2) is 0 Å². The number of hydrogen-bond acceptors (Lipinski definition) is 3. The maximum absolute atomic E-state index is 12.1. The number of anilines is 1. The van der Waals surface area contributed by atoms with Crippen LogP contribution < -0.4 is 10.6 Å². The topological polar surface area (TPSA) is 58.2 Å². The molecule has 0 saturated carbocycles. The number of carbonyl (C=O) groups is 2. The van der Waals surface area contributed by atoms with Gasteiger partial charge in [0.25, 0.3) is 0 Å². The molecule has 0 saturated heterocycles. The molecule has 5 heteroatoms. The molecule has 24 heavy (non-hydrogen) atoms. The summed E-state index contributed by atoms with van der Waals surface area (Å²) in [4.78, 5) is 24.9. The zero-order chi connectivity index (χ0) is 17.1. The standard InChI is InChI=1S/C19H20N2O2S/c1-12-3-5-14(6-4-12)10-18(22)20-11-15-7-8-17-16(9-15)21-19(23)13(2)24-17/h3-9,13H,10-11H2,1-2H3,(H,20,22)(H,21,23). The van der Waals surface area contributed by atoms with E-state index in [9.17, 15) is 9.59 Å². The normalized spacial score (nSPS) is 16.2. The van der Waals surface area contributed by atoms with Crippen LogP contribution in [-0.2, 0) is 22.6 Å². The molecule has 2 aromatic carbocycles. The summed E-state index contributed by atoms with van der Waals surface area (Å²) in [5.41, 5.74) is 3.98. The van der Waals surface area contributed by atoms with Crippen molar-refractivity contribution < 1.29 is 9.59 Å². The van der Waals surface area contributed by atoms with Gasteiger partial charge < -0.3 is 10.6 Å². The number of carbonyl (C=O) groups excluding carboxylic acids is 2. The maximum Gasteiger partial charge on any atom is 0.237 e. The summed E-state index contributed by atoms with van der Waals surface area (Å²) < 4.78 is 0. The van der Waals surface area contributed by atoms with Crippen LogP contribution in [0.5, 0.6) is 0 Å². The van der Waals surface area contributed by atoms with E-state index in [2.05, 4.69) is 10.6 Å². The van der Waals surface area contributed by atoms with E-state index in [1.54, 1.807) is 11.8 Å². The molecule has 1 aliphatic heterocycles. The van der Waals surface area contributed by atoms with Crippen LogP contribution in [0.3, 0.4) is 0 Å². The highest BCUT2D eigenvalue weighted by Crippen LogP contribution is 2.35. The average molecular weight is 340 g/mol. The molecule has 2 aromatic rings. The Kier molecular flexibility index (Phi) is 4.90. The first kappa shape index (κ1) is 16.6. The molecular weight excluding hydrogens is 320 g/mol. The second kappa shape index (κ2) is 7.09. The maximum atomic E-state index is 12.1. The average Bonchev–Trinajstić information content (AvgIpc) is 2.56. The van der Waals surface area contributed by atoms with Crippen LogP contribution in [0, 0.1) is 6.92 Å². The van der Waals surface area contributed by atoms with Crippen molar-refractivity contribution in [2.45, 2.75) is 37.0 Å². The molecule has 0 aromatic heterocycles. The highest BCUT2D eigenvalue weighted by molar-refractivity contribution is 8.00. The fourth-order valence-corrected chi connectivity index (χ4v) is 3.45. The van der Waals surface area contributed by atoms with Gasteiger partial charge in [0.05, 0.1) is 17.4 Å². The number of thioether (sulfide) groups is 1. The molecule has 0 fully saturated rings. The summed E-state index contributed by atoms with van der Waals surface area (Å²) >= 11 is 1.56. The van der Waals surface area contributed by atoms with Crippen molar-refractivity contribution in [3.63, 3.8) is 0 Å². The van der Waals surface area contributed by atoms with Crippen LogP contribution in [0.4, 0.5) is 5.69 Å². The summed E-state index contributed by atoms with van der Waals surface area (Å²) in [5, 5.41) is 5.77. The van der Waals surface area contributed by atoms with E-state index < -0.39 is 0 Å². The van der Waals surface area contributed by atoms with E-state index in [1.807, 2.05) is 56.3 Å². The van der Waals surface area contributed by atoms with Crippen LogP contribution in [-0.4, -0.2) is 17.1 Å². The van der Waals surface area contributed by atoms with E-state index in [1.165, 1.54) is 5.56 Å². The third-order valence-electron chi connectivity index (χ3n) is 3.95. The number of aryl methyl sites for hydroxylation is 1. The van der Waals surface area contributed by atoms with E-state index in [-0.39, 0.29) is 17.1 Å². The quantitative estimate of drug-likeness (QED) is 0.898. The Balaban J connectivity index is 1.58. The SMILES string of the molecule is Cc1ccc(CC(=O)NCc2ccc3c(c2)NC(=O)C(C)S3)cc1. The van der Waals surface area contributed by atoms with Crippen molar-refractivity contribution in [2.75, 3.05) is 5.32 Å². The first-order valence-corrected chi connectivity index (χ1v) is 8.82. The second-order valence-corrected chi connectivity index (χ2v) is 7.40. The number of fused-ring (bicyclic) bond motifs is 1. The van der Waals surface area contributed by atoms with E-state index in [0.29, 0.717) is 13.0 Å². The Morgan fingerprint density at radius 2 is 1.88 bits per heavy atom. The number of hydrogen-bond donors (Lipinski definition) is 2. The van der Waals surface area contributed by atoms with Crippen LogP contribution in [0.15, 0.2) is 47.4 Å². The molecule has 1 unspecified atom stereocenters. The predicted octanol–water partition coefficient (Wildman–Crippen LogP) is 3.29. The Labute approximate surface area is 146 Å². The highest BCUT2D eigenvalue weighted by atomic mass is 32.2. The lowest BCUT2D eigenvalue weighted by atomic mass is 10.1. The van der Waals surface area contributed by atoms with Gasteiger partial charge in [-0.25, -0.2) is 0 Å². The third-order valence-corrected chi connectivity index (χ3v) is 5.13. The molecule has 0 aliphatic carbocycles. The number of nitrogens with one attached hydrogen (secondary N) is 2. The van der Waals surface area contributed by atoms with Gasteiger partial charge in [-0.3, -0.25) is 9.59 Å². The van der Waals surface area contributed by atoms with Crippen LogP contribution >= 0.6 is 11.8 Å². The van der Waals surface area contributed by atoms with Gasteiger partial charge in [0.1, 0.15) is 0 Å². The first-order valence-electron chi connectivity index (χ1n) is 7.94.